The monoisotopic (exact) mass is 273 g/mol. The molecule has 1 atom stereocenters. The molecule has 1 unspecified atom stereocenters. The lowest BCUT2D eigenvalue weighted by Crippen LogP contribution is -2.29. The summed E-state index contributed by atoms with van der Waals surface area (Å²) in [4.78, 5) is 0. The normalized spacial score (nSPS) is 18.1. The molecule has 1 N–H and O–H groups in total. The average molecular weight is 273 g/mol. The zero-order chi connectivity index (χ0) is 14.4. The van der Waals surface area contributed by atoms with E-state index in [4.69, 9.17) is 0 Å². The highest BCUT2D eigenvalue weighted by atomic mass is 14.9. The van der Waals surface area contributed by atoms with Crippen LogP contribution in [0.2, 0.25) is 0 Å². The molecule has 0 bridgehead atoms. The predicted molar refractivity (Wildman–Crippen MR) is 88.2 cm³/mol. The average Bonchev–Trinajstić information content (AvgIpc) is 2.52. The highest BCUT2D eigenvalue weighted by Gasteiger charge is 2.24. The lowest BCUT2D eigenvalue weighted by atomic mass is 9.80. The number of rotatable bonds is 6. The van der Waals surface area contributed by atoms with Gasteiger partial charge in [-0.25, -0.2) is 0 Å². The maximum atomic E-state index is 3.76. The van der Waals surface area contributed by atoms with Gasteiger partial charge >= 0.3 is 0 Å². The van der Waals surface area contributed by atoms with Crippen molar-refractivity contribution in [3.8, 4) is 0 Å². The van der Waals surface area contributed by atoms with Crippen LogP contribution in [0, 0.1) is 5.92 Å². The molecule has 0 amide bonds. The lowest BCUT2D eigenvalue weighted by Gasteiger charge is -2.31. The van der Waals surface area contributed by atoms with Crippen molar-refractivity contribution in [2.45, 2.75) is 71.8 Å². The molecule has 0 aliphatic heterocycles. The summed E-state index contributed by atoms with van der Waals surface area (Å²) in [6.45, 7) is 7.84. The second-order valence-electron chi connectivity index (χ2n) is 6.17. The molecule has 1 heteroatoms. The Balaban J connectivity index is 2.23. The summed E-state index contributed by atoms with van der Waals surface area (Å²) in [5, 5.41) is 3.76. The summed E-state index contributed by atoms with van der Waals surface area (Å²) in [6.07, 6.45) is 9.37. The van der Waals surface area contributed by atoms with E-state index in [1.54, 1.807) is 5.56 Å². The van der Waals surface area contributed by atoms with Crippen LogP contribution in [0.4, 0.5) is 0 Å². The number of aryl methyl sites for hydroxylation is 2. The van der Waals surface area contributed by atoms with Crippen LogP contribution >= 0.6 is 0 Å². The van der Waals surface area contributed by atoms with Gasteiger partial charge < -0.3 is 5.32 Å². The minimum atomic E-state index is 0.566. The molecule has 1 aliphatic rings. The van der Waals surface area contributed by atoms with Crippen LogP contribution < -0.4 is 5.32 Å². The standard InChI is InChI=1S/C19H31N/c1-4-15-12-13-18(14-16(15)5-2)19(20-6-3)17-10-8-7-9-11-17/h12-14,17,19-20H,4-11H2,1-3H3. The van der Waals surface area contributed by atoms with Crippen molar-refractivity contribution in [2.75, 3.05) is 6.54 Å². The quantitative estimate of drug-likeness (QED) is 0.765. The highest BCUT2D eigenvalue weighted by Crippen LogP contribution is 2.35. The van der Waals surface area contributed by atoms with Crippen molar-refractivity contribution in [1.82, 2.24) is 5.32 Å². The first-order chi connectivity index (χ1) is 9.80. The summed E-state index contributed by atoms with van der Waals surface area (Å²) in [6, 6.07) is 7.78. The zero-order valence-corrected chi connectivity index (χ0v) is 13.5. The maximum Gasteiger partial charge on any atom is 0.0348 e. The van der Waals surface area contributed by atoms with Crippen LogP contribution in [0.5, 0.6) is 0 Å². The number of hydrogen-bond acceptors (Lipinski definition) is 1. The summed E-state index contributed by atoms with van der Waals surface area (Å²) in [7, 11) is 0. The molecule has 112 valence electrons. The van der Waals surface area contributed by atoms with Crippen molar-refractivity contribution < 1.29 is 0 Å². The van der Waals surface area contributed by atoms with Crippen molar-refractivity contribution in [3.63, 3.8) is 0 Å². The second-order valence-corrected chi connectivity index (χ2v) is 6.17. The largest absolute Gasteiger partial charge is 0.310 e. The van der Waals surface area contributed by atoms with Crippen molar-refractivity contribution in [3.05, 3.63) is 34.9 Å². The molecule has 0 saturated heterocycles. The Morgan fingerprint density at radius 3 is 2.30 bits per heavy atom. The van der Waals surface area contributed by atoms with Crippen molar-refractivity contribution >= 4 is 0 Å². The number of nitrogens with one attached hydrogen (secondary N) is 1. The molecular weight excluding hydrogens is 242 g/mol. The van der Waals surface area contributed by atoms with Crippen LogP contribution in [0.25, 0.3) is 0 Å². The van der Waals surface area contributed by atoms with E-state index in [1.807, 2.05) is 0 Å². The minimum absolute atomic E-state index is 0.566. The Morgan fingerprint density at radius 1 is 1.00 bits per heavy atom. The molecule has 1 aromatic rings. The van der Waals surface area contributed by atoms with Gasteiger partial charge in [0.2, 0.25) is 0 Å². The Morgan fingerprint density at radius 2 is 1.70 bits per heavy atom. The third kappa shape index (κ3) is 3.63. The first kappa shape index (κ1) is 15.6. The van der Waals surface area contributed by atoms with Crippen molar-refractivity contribution in [2.24, 2.45) is 5.92 Å². The van der Waals surface area contributed by atoms with Gasteiger partial charge in [-0.05, 0) is 54.8 Å². The van der Waals surface area contributed by atoms with E-state index in [2.05, 4.69) is 44.3 Å². The molecule has 1 fully saturated rings. The first-order valence-corrected chi connectivity index (χ1v) is 8.65. The Kier molecular flexibility index (Phi) is 6.09. The molecule has 1 saturated carbocycles. The van der Waals surface area contributed by atoms with E-state index < -0.39 is 0 Å². The van der Waals surface area contributed by atoms with Gasteiger partial charge in [0.25, 0.3) is 0 Å². The van der Waals surface area contributed by atoms with E-state index in [-0.39, 0.29) is 0 Å². The van der Waals surface area contributed by atoms with E-state index in [0.717, 1.165) is 25.3 Å². The fourth-order valence-corrected chi connectivity index (χ4v) is 3.76. The third-order valence-corrected chi connectivity index (χ3v) is 4.90. The van der Waals surface area contributed by atoms with Crippen LogP contribution in [0.3, 0.4) is 0 Å². The highest BCUT2D eigenvalue weighted by molar-refractivity contribution is 5.34. The van der Waals surface area contributed by atoms with Gasteiger partial charge in [0, 0.05) is 6.04 Å². The second kappa shape index (κ2) is 7.83. The van der Waals surface area contributed by atoms with Gasteiger partial charge in [-0.3, -0.25) is 0 Å². The molecule has 0 heterocycles. The molecule has 1 aliphatic carbocycles. The van der Waals surface area contributed by atoms with E-state index in [0.29, 0.717) is 6.04 Å². The van der Waals surface area contributed by atoms with Gasteiger partial charge in [-0.2, -0.15) is 0 Å². The Hall–Kier alpha value is -0.820. The van der Waals surface area contributed by atoms with Gasteiger partial charge in [0.15, 0.2) is 0 Å². The van der Waals surface area contributed by atoms with E-state index in [1.165, 1.54) is 43.2 Å². The molecule has 1 nitrogen and oxygen atoms in total. The predicted octanol–water partition coefficient (Wildman–Crippen LogP) is 5.04. The molecule has 20 heavy (non-hydrogen) atoms. The molecule has 0 spiro atoms. The van der Waals surface area contributed by atoms with Gasteiger partial charge in [0.05, 0.1) is 0 Å². The van der Waals surface area contributed by atoms with Crippen LogP contribution in [-0.2, 0) is 12.8 Å². The van der Waals surface area contributed by atoms with E-state index >= 15 is 0 Å². The molecular formula is C19H31N. The Labute approximate surface area is 125 Å². The van der Waals surface area contributed by atoms with Crippen molar-refractivity contribution in [1.29, 1.82) is 0 Å². The molecule has 0 aromatic heterocycles. The smallest absolute Gasteiger partial charge is 0.0348 e. The fourth-order valence-electron chi connectivity index (χ4n) is 3.76. The zero-order valence-electron chi connectivity index (χ0n) is 13.5. The number of benzene rings is 1. The Bertz CT molecular complexity index is 404. The molecule has 2 rings (SSSR count). The summed E-state index contributed by atoms with van der Waals surface area (Å²) in [5.74, 6) is 0.834. The first-order valence-electron chi connectivity index (χ1n) is 8.65. The van der Waals surface area contributed by atoms with Crippen LogP contribution in [-0.4, -0.2) is 6.54 Å². The fraction of sp³-hybridized carbons (Fsp3) is 0.684. The summed E-state index contributed by atoms with van der Waals surface area (Å²) >= 11 is 0. The lowest BCUT2D eigenvalue weighted by molar-refractivity contribution is 0.274. The SMILES string of the molecule is CCNC(c1ccc(CC)c(CC)c1)C1CCCCC1. The minimum Gasteiger partial charge on any atom is -0.310 e. The molecule has 0 radical (unpaired) electrons. The van der Waals surface area contributed by atoms with E-state index in [9.17, 15) is 0 Å². The van der Waals surface area contributed by atoms with Gasteiger partial charge in [-0.15, -0.1) is 0 Å². The summed E-state index contributed by atoms with van der Waals surface area (Å²) in [5.41, 5.74) is 4.59. The number of hydrogen-bond donors (Lipinski definition) is 1. The topological polar surface area (TPSA) is 12.0 Å². The van der Waals surface area contributed by atoms with Crippen LogP contribution in [0.15, 0.2) is 18.2 Å². The maximum absolute atomic E-state index is 3.76. The van der Waals surface area contributed by atoms with Gasteiger partial charge in [0.1, 0.15) is 0 Å². The third-order valence-electron chi connectivity index (χ3n) is 4.90. The van der Waals surface area contributed by atoms with Gasteiger partial charge in [-0.1, -0.05) is 58.2 Å². The molecule has 1 aromatic carbocycles. The summed E-state index contributed by atoms with van der Waals surface area (Å²) < 4.78 is 0. The van der Waals surface area contributed by atoms with Crippen LogP contribution in [0.1, 0.15) is 75.6 Å².